The van der Waals surface area contributed by atoms with Crippen LogP contribution in [-0.2, 0) is 20.6 Å². The van der Waals surface area contributed by atoms with Gasteiger partial charge in [-0.1, -0.05) is 36.7 Å². The van der Waals surface area contributed by atoms with Crippen molar-refractivity contribution in [2.75, 3.05) is 29.9 Å². The molecule has 2 aromatic rings. The number of hydrogen-bond donors (Lipinski definition) is 1. The van der Waals surface area contributed by atoms with Crippen LogP contribution >= 0.6 is 23.4 Å². The normalized spacial score (nSPS) is 12.3. The van der Waals surface area contributed by atoms with Crippen LogP contribution in [0.5, 0.6) is 5.75 Å². The van der Waals surface area contributed by atoms with Crippen molar-refractivity contribution in [3.05, 3.63) is 59.1 Å². The Balaban J connectivity index is 1.79. The average Bonchev–Trinajstić information content (AvgIpc) is 2.72. The summed E-state index contributed by atoms with van der Waals surface area (Å²) >= 11 is 7.84. The summed E-state index contributed by atoms with van der Waals surface area (Å²) in [6.07, 6.45) is 1.04. The van der Waals surface area contributed by atoms with Gasteiger partial charge >= 0.3 is 0 Å². The van der Waals surface area contributed by atoms with Crippen molar-refractivity contribution in [2.24, 2.45) is 0 Å². The van der Waals surface area contributed by atoms with Gasteiger partial charge in [0.2, 0.25) is 10.0 Å². The number of halogens is 1. The van der Waals surface area contributed by atoms with Gasteiger partial charge in [0.1, 0.15) is 5.75 Å². The van der Waals surface area contributed by atoms with E-state index in [0.29, 0.717) is 24.4 Å². The molecule has 0 aliphatic carbocycles. The number of carbonyl (C=O) groups excluding carboxylic acids is 1. The molecule has 0 aromatic heterocycles. The molecular weight excluding hydrogens is 444 g/mol. The number of nitrogens with one attached hydrogen (secondary N) is 1. The van der Waals surface area contributed by atoms with Gasteiger partial charge in [0.15, 0.2) is 6.10 Å². The Bertz CT molecular complexity index is 936. The first-order valence-corrected chi connectivity index (χ1v) is 12.9. The predicted molar refractivity (Wildman–Crippen MR) is 125 cm³/mol. The minimum Gasteiger partial charge on any atom is -0.481 e. The van der Waals surface area contributed by atoms with E-state index in [4.69, 9.17) is 16.3 Å². The van der Waals surface area contributed by atoms with Crippen molar-refractivity contribution < 1.29 is 17.9 Å². The maximum absolute atomic E-state index is 12.4. The van der Waals surface area contributed by atoms with Crippen molar-refractivity contribution in [1.29, 1.82) is 0 Å². The van der Waals surface area contributed by atoms with Crippen LogP contribution < -0.4 is 14.4 Å². The Morgan fingerprint density at radius 3 is 2.47 bits per heavy atom. The van der Waals surface area contributed by atoms with Crippen molar-refractivity contribution >= 4 is 45.0 Å². The highest BCUT2D eigenvalue weighted by atomic mass is 35.5. The molecule has 9 heteroatoms. The maximum atomic E-state index is 12.4. The predicted octanol–water partition coefficient (Wildman–Crippen LogP) is 3.94. The van der Waals surface area contributed by atoms with Gasteiger partial charge in [-0.2, -0.15) is 11.8 Å². The third kappa shape index (κ3) is 7.41. The molecule has 6 nitrogen and oxygen atoms in total. The van der Waals surface area contributed by atoms with Gasteiger partial charge < -0.3 is 10.1 Å². The fraction of sp³-hybridized carbons (Fsp3) is 0.381. The Hall–Kier alpha value is -1.90. The van der Waals surface area contributed by atoms with Crippen LogP contribution in [0, 0.1) is 0 Å². The summed E-state index contributed by atoms with van der Waals surface area (Å²) in [4.78, 5) is 12.4. The average molecular weight is 471 g/mol. The molecule has 30 heavy (non-hydrogen) atoms. The number of sulfonamides is 1. The van der Waals surface area contributed by atoms with Crippen molar-refractivity contribution in [2.45, 2.75) is 25.2 Å². The highest BCUT2D eigenvalue weighted by molar-refractivity contribution is 7.98. The first kappa shape index (κ1) is 24.4. The first-order chi connectivity index (χ1) is 14.2. The zero-order chi connectivity index (χ0) is 22.1. The smallest absolute Gasteiger partial charge is 0.261 e. The molecule has 1 N–H and O–H groups in total. The lowest BCUT2D eigenvalue weighted by atomic mass is 10.2. The second-order valence-electron chi connectivity index (χ2n) is 6.67. The standard InChI is InChI=1S/C21H27ClN2O4S2/c1-4-20(28-18-11-9-17(10-12-18)24(2)30(3,26)27)21(25)23-13-14-29-15-16-7-5-6-8-19(16)22/h5-12,20H,4,13-15H2,1-3H3,(H,23,25)/t20-/m0/s1. The Kier molecular flexibility index (Phi) is 9.33. The van der Waals surface area contributed by atoms with E-state index >= 15 is 0 Å². The topological polar surface area (TPSA) is 75.7 Å². The van der Waals surface area contributed by atoms with Gasteiger partial charge in [-0.05, 0) is 42.3 Å². The summed E-state index contributed by atoms with van der Waals surface area (Å²) in [6, 6.07) is 14.3. The number of benzene rings is 2. The highest BCUT2D eigenvalue weighted by Crippen LogP contribution is 2.22. The van der Waals surface area contributed by atoms with E-state index in [0.717, 1.165) is 28.3 Å². The van der Waals surface area contributed by atoms with Gasteiger partial charge in [-0.25, -0.2) is 8.42 Å². The van der Waals surface area contributed by atoms with E-state index in [1.165, 1.54) is 11.4 Å². The summed E-state index contributed by atoms with van der Waals surface area (Å²) in [6.45, 7) is 2.41. The van der Waals surface area contributed by atoms with Crippen molar-refractivity contribution in [3.8, 4) is 5.75 Å². The number of rotatable bonds is 11. The SMILES string of the molecule is CC[C@H](Oc1ccc(N(C)S(C)(=O)=O)cc1)C(=O)NCCSCc1ccccc1Cl. The first-order valence-electron chi connectivity index (χ1n) is 9.52. The lowest BCUT2D eigenvalue weighted by Crippen LogP contribution is -2.39. The monoisotopic (exact) mass is 470 g/mol. The Morgan fingerprint density at radius 2 is 1.87 bits per heavy atom. The third-order valence-electron chi connectivity index (χ3n) is 4.40. The van der Waals surface area contributed by atoms with E-state index in [2.05, 4.69) is 5.32 Å². The van der Waals surface area contributed by atoms with Crippen molar-refractivity contribution in [3.63, 3.8) is 0 Å². The van der Waals surface area contributed by atoms with Gasteiger partial charge in [-0.3, -0.25) is 9.10 Å². The molecule has 0 aliphatic rings. The van der Waals surface area contributed by atoms with Crippen molar-refractivity contribution in [1.82, 2.24) is 5.32 Å². The van der Waals surface area contributed by atoms with Crippen LogP contribution in [0.4, 0.5) is 5.69 Å². The minimum atomic E-state index is -3.33. The third-order valence-corrected chi connectivity index (χ3v) is 6.98. The Labute approximate surface area is 188 Å². The number of anilines is 1. The quantitative estimate of drug-likeness (QED) is 0.503. The van der Waals surface area contributed by atoms with Crippen LogP contribution in [0.3, 0.4) is 0 Å². The van der Waals surface area contributed by atoms with E-state index in [1.807, 2.05) is 31.2 Å². The van der Waals surface area contributed by atoms with Crippen LogP contribution in [0.2, 0.25) is 5.02 Å². The summed E-state index contributed by atoms with van der Waals surface area (Å²) < 4.78 is 30.2. The molecule has 0 saturated heterocycles. The largest absolute Gasteiger partial charge is 0.481 e. The van der Waals surface area contributed by atoms with Gasteiger partial charge in [0.25, 0.3) is 5.91 Å². The van der Waals surface area contributed by atoms with Crippen LogP contribution in [0.25, 0.3) is 0 Å². The summed E-state index contributed by atoms with van der Waals surface area (Å²) in [5.41, 5.74) is 1.60. The maximum Gasteiger partial charge on any atom is 0.261 e. The zero-order valence-corrected chi connectivity index (χ0v) is 19.7. The van der Waals surface area contributed by atoms with Gasteiger partial charge in [0, 0.05) is 30.1 Å². The molecule has 1 atom stereocenters. The van der Waals surface area contributed by atoms with Gasteiger partial charge in [-0.15, -0.1) is 0 Å². The van der Waals surface area contributed by atoms with Gasteiger partial charge in [0.05, 0.1) is 11.9 Å². The fourth-order valence-electron chi connectivity index (χ4n) is 2.57. The molecule has 0 fully saturated rings. The van der Waals surface area contributed by atoms with E-state index in [9.17, 15) is 13.2 Å². The fourth-order valence-corrected chi connectivity index (χ4v) is 4.22. The van der Waals surface area contributed by atoms with Crippen LogP contribution in [0.15, 0.2) is 48.5 Å². The van der Waals surface area contributed by atoms with Crippen LogP contribution in [0.1, 0.15) is 18.9 Å². The molecule has 0 radical (unpaired) electrons. The molecule has 0 heterocycles. The molecule has 0 bridgehead atoms. The molecular formula is C21H27ClN2O4S2. The summed E-state index contributed by atoms with van der Waals surface area (Å²) in [7, 11) is -1.84. The molecule has 2 rings (SSSR count). The zero-order valence-electron chi connectivity index (χ0n) is 17.3. The summed E-state index contributed by atoms with van der Waals surface area (Å²) in [5, 5.41) is 3.65. The highest BCUT2D eigenvalue weighted by Gasteiger charge is 2.18. The van der Waals surface area contributed by atoms with E-state index in [1.54, 1.807) is 36.0 Å². The molecule has 0 unspecified atom stereocenters. The summed E-state index contributed by atoms with van der Waals surface area (Å²) in [5.74, 6) is 1.89. The second kappa shape index (κ2) is 11.5. The molecule has 0 saturated carbocycles. The number of amides is 1. The molecule has 164 valence electrons. The Morgan fingerprint density at radius 1 is 1.20 bits per heavy atom. The number of carbonyl (C=O) groups is 1. The minimum absolute atomic E-state index is 0.173. The van der Waals surface area contributed by atoms with Crippen LogP contribution in [-0.4, -0.2) is 46.0 Å². The second-order valence-corrected chi connectivity index (χ2v) is 10.2. The van der Waals surface area contributed by atoms with E-state index < -0.39 is 16.1 Å². The lowest BCUT2D eigenvalue weighted by Gasteiger charge is -2.19. The molecule has 0 aliphatic heterocycles. The lowest BCUT2D eigenvalue weighted by molar-refractivity contribution is -0.127. The number of nitrogens with zero attached hydrogens (tertiary/aromatic N) is 1. The number of thioether (sulfide) groups is 1. The number of ether oxygens (including phenoxy) is 1. The molecule has 1 amide bonds. The molecule has 2 aromatic carbocycles. The van der Waals surface area contributed by atoms with E-state index in [-0.39, 0.29) is 5.91 Å². The number of hydrogen-bond acceptors (Lipinski definition) is 5. The molecule has 0 spiro atoms.